The summed E-state index contributed by atoms with van der Waals surface area (Å²) >= 11 is 2.10. The number of anilines is 2. The standard InChI is InChI=1S/C16H15FN2O5S.C14H9FN2O4S.CH3O.2Na/c1-3-24-16(22)14-15(25-9-18-14)19(12(20)8-13(21)23-2)11-6-4-10(17)5-7-11;1-21-14(20)9-11(18)10-13(22-6-16-10)17(12(9)19)8-4-2-7(15)3-5-8;1-2;;/h4-7,9H,3,8H2,1-2H3;2-6,18H,1H3;1H3;;/q;;-1;2*+1/p-1. The number of halogens is 2. The summed E-state index contributed by atoms with van der Waals surface area (Å²) < 4.78 is 41.4. The summed E-state index contributed by atoms with van der Waals surface area (Å²) in [6, 6.07) is 10.2. The topological polar surface area (TPSA) is 193 Å². The van der Waals surface area contributed by atoms with Crippen molar-refractivity contribution in [1.29, 1.82) is 0 Å². The number of nitrogens with zero attached hydrogens (tertiary/aromatic N) is 4. The minimum absolute atomic E-state index is 0. The number of hydrogen-bond donors (Lipinski definition) is 0. The number of esters is 3. The van der Waals surface area contributed by atoms with Crippen LogP contribution in [-0.4, -0.2) is 66.3 Å². The van der Waals surface area contributed by atoms with E-state index in [1.54, 1.807) is 6.92 Å². The smallest absolute Gasteiger partial charge is 0.870 e. The fourth-order valence-corrected chi connectivity index (χ4v) is 5.69. The molecule has 0 atom stereocenters. The third-order valence-corrected chi connectivity index (χ3v) is 7.78. The Kier molecular flexibility index (Phi) is 19.3. The van der Waals surface area contributed by atoms with Crippen molar-refractivity contribution in [3.63, 3.8) is 0 Å². The SMILES string of the molecule is CCOC(=O)c1ncsc1N(C(=O)CC(=O)OC)c1ccc(F)cc1.COC(=O)c1c([O-])c2ncsc2n(-c2ccc(F)cc2)c1=O.C[O-].[Na+].[Na+]. The Morgan fingerprint density at radius 2 is 1.43 bits per heavy atom. The van der Waals surface area contributed by atoms with Gasteiger partial charge in [-0.05, 0) is 55.5 Å². The largest absolute Gasteiger partial charge is 1.00 e. The van der Waals surface area contributed by atoms with E-state index in [9.17, 15) is 37.9 Å². The van der Waals surface area contributed by atoms with E-state index in [-0.39, 0.29) is 92.5 Å². The Morgan fingerprint density at radius 3 is 1.98 bits per heavy atom. The van der Waals surface area contributed by atoms with Crippen molar-refractivity contribution >= 4 is 67.5 Å². The Morgan fingerprint density at radius 1 is 0.863 bits per heavy atom. The van der Waals surface area contributed by atoms with Crippen molar-refractivity contribution in [2.75, 3.05) is 32.8 Å². The maximum absolute atomic E-state index is 13.2. The molecule has 0 spiro atoms. The average molecular weight is 763 g/mol. The van der Waals surface area contributed by atoms with Gasteiger partial charge in [-0.3, -0.25) is 23.9 Å². The molecule has 258 valence electrons. The van der Waals surface area contributed by atoms with Gasteiger partial charge in [0, 0.05) is 5.69 Å². The first-order valence-electron chi connectivity index (χ1n) is 13.7. The number of fused-ring (bicyclic) bond motifs is 1. The van der Waals surface area contributed by atoms with Gasteiger partial charge in [0.05, 0.1) is 43.1 Å². The molecule has 3 aromatic heterocycles. The molecule has 0 unspecified atom stereocenters. The predicted molar refractivity (Wildman–Crippen MR) is 170 cm³/mol. The van der Waals surface area contributed by atoms with Crippen LogP contribution in [-0.2, 0) is 23.8 Å². The summed E-state index contributed by atoms with van der Waals surface area (Å²) in [5, 5.41) is 20.6. The molecule has 5 rings (SSSR count). The number of aromatic nitrogens is 3. The number of rotatable bonds is 8. The molecule has 0 aliphatic carbocycles. The second-order valence-electron chi connectivity index (χ2n) is 9.00. The van der Waals surface area contributed by atoms with Gasteiger partial charge in [-0.25, -0.2) is 28.3 Å². The predicted octanol–water partition coefficient (Wildman–Crippen LogP) is -2.88. The molecule has 0 aliphatic heterocycles. The van der Waals surface area contributed by atoms with Crippen LogP contribution in [0.15, 0.2) is 64.3 Å². The second-order valence-corrected chi connectivity index (χ2v) is 10.7. The van der Waals surface area contributed by atoms with Gasteiger partial charge in [0.25, 0.3) is 5.56 Å². The van der Waals surface area contributed by atoms with Gasteiger partial charge in [-0.2, -0.15) is 7.11 Å². The van der Waals surface area contributed by atoms with Gasteiger partial charge in [-0.1, -0.05) is 5.75 Å². The van der Waals surface area contributed by atoms with E-state index in [1.807, 2.05) is 0 Å². The van der Waals surface area contributed by atoms with Crippen LogP contribution in [0.3, 0.4) is 0 Å². The molecular formula is C31H26F2N4Na2O10S2. The fourth-order valence-electron chi connectivity index (χ4n) is 4.06. The number of amides is 1. The molecular weight excluding hydrogens is 736 g/mol. The molecule has 0 saturated heterocycles. The van der Waals surface area contributed by atoms with Crippen molar-refractivity contribution in [2.45, 2.75) is 13.3 Å². The summed E-state index contributed by atoms with van der Waals surface area (Å²) in [5.74, 6) is -4.83. The number of thiazole rings is 2. The van der Waals surface area contributed by atoms with Crippen LogP contribution < -0.4 is 79.8 Å². The van der Waals surface area contributed by atoms with E-state index >= 15 is 0 Å². The van der Waals surface area contributed by atoms with Crippen LogP contribution in [0.4, 0.5) is 19.5 Å². The molecule has 2 aromatic carbocycles. The number of pyridine rings is 1. The normalized spacial score (nSPS) is 9.78. The molecule has 5 aromatic rings. The zero-order valence-corrected chi connectivity index (χ0v) is 33.8. The molecule has 51 heavy (non-hydrogen) atoms. The monoisotopic (exact) mass is 762 g/mol. The molecule has 0 bridgehead atoms. The van der Waals surface area contributed by atoms with Gasteiger partial charge in [0.15, 0.2) is 5.69 Å². The van der Waals surface area contributed by atoms with Crippen molar-refractivity contribution in [3.8, 4) is 11.4 Å². The molecule has 1 amide bonds. The summed E-state index contributed by atoms with van der Waals surface area (Å²) in [4.78, 5) is 69.6. The van der Waals surface area contributed by atoms with Gasteiger partial charge in [-0.15, -0.1) is 22.7 Å². The van der Waals surface area contributed by atoms with Crippen molar-refractivity contribution < 1.29 is 111 Å². The van der Waals surface area contributed by atoms with Crippen LogP contribution in [0.5, 0.6) is 5.75 Å². The molecule has 3 heterocycles. The molecule has 0 fully saturated rings. The number of ether oxygens (including phenoxy) is 3. The minimum atomic E-state index is -1.03. The molecule has 0 aliphatic rings. The van der Waals surface area contributed by atoms with Crippen molar-refractivity contribution in [2.24, 2.45) is 0 Å². The summed E-state index contributed by atoms with van der Waals surface area (Å²) in [5.41, 5.74) is 1.88. The zero-order valence-electron chi connectivity index (χ0n) is 28.1. The third kappa shape index (κ3) is 11.0. The van der Waals surface area contributed by atoms with Crippen molar-refractivity contribution in [3.05, 3.63) is 92.8 Å². The molecule has 14 nitrogen and oxygen atoms in total. The molecule has 0 saturated carbocycles. The summed E-state index contributed by atoms with van der Waals surface area (Å²) in [6.45, 7) is 1.78. The van der Waals surface area contributed by atoms with Crippen LogP contribution in [0.25, 0.3) is 16.0 Å². The van der Waals surface area contributed by atoms with Gasteiger partial charge in [0.1, 0.15) is 33.5 Å². The number of hydrogen-bond acceptors (Lipinski definition) is 14. The minimum Gasteiger partial charge on any atom is -0.870 e. The van der Waals surface area contributed by atoms with E-state index in [0.717, 1.165) is 53.5 Å². The van der Waals surface area contributed by atoms with Crippen LogP contribution in [0, 0.1) is 11.6 Å². The number of carbonyl (C=O) groups excluding carboxylic acids is 4. The van der Waals surface area contributed by atoms with Crippen LogP contribution >= 0.6 is 22.7 Å². The van der Waals surface area contributed by atoms with Crippen molar-refractivity contribution in [1.82, 2.24) is 14.5 Å². The molecule has 0 N–H and O–H groups in total. The van der Waals surface area contributed by atoms with Crippen LogP contribution in [0.2, 0.25) is 0 Å². The van der Waals surface area contributed by atoms with E-state index in [0.29, 0.717) is 5.69 Å². The summed E-state index contributed by atoms with van der Waals surface area (Å²) in [7, 11) is 2.99. The van der Waals surface area contributed by atoms with Gasteiger partial charge < -0.3 is 24.4 Å². The molecule has 0 radical (unpaired) electrons. The number of carbonyl (C=O) groups is 4. The van der Waals surface area contributed by atoms with Crippen LogP contribution in [0.1, 0.15) is 34.2 Å². The number of methoxy groups -OCH3 is 2. The first-order chi connectivity index (χ1) is 23.5. The Labute approximate surface area is 341 Å². The number of benzene rings is 2. The zero-order chi connectivity index (χ0) is 36.2. The van der Waals surface area contributed by atoms with E-state index < -0.39 is 58.7 Å². The quantitative estimate of drug-likeness (QED) is 0.0680. The summed E-state index contributed by atoms with van der Waals surface area (Å²) in [6.07, 6.45) is -0.548. The van der Waals surface area contributed by atoms with Gasteiger partial charge >= 0.3 is 77.0 Å². The Balaban J connectivity index is 0.000000471. The fraction of sp³-hybridized carbons (Fsp3) is 0.194. The first kappa shape index (κ1) is 45.4. The Bertz CT molecular complexity index is 2010. The van der Waals surface area contributed by atoms with Gasteiger partial charge in [0.2, 0.25) is 5.91 Å². The van der Waals surface area contributed by atoms with E-state index in [1.165, 1.54) is 59.6 Å². The maximum atomic E-state index is 13.2. The van der Waals surface area contributed by atoms with E-state index in [4.69, 9.17) is 9.84 Å². The average Bonchev–Trinajstić information content (AvgIpc) is 3.79. The second kappa shape index (κ2) is 21.7. The first-order valence-corrected chi connectivity index (χ1v) is 15.5. The maximum Gasteiger partial charge on any atom is 1.00 e. The third-order valence-electron chi connectivity index (χ3n) is 6.16. The Hall–Kier alpha value is -3.59. The van der Waals surface area contributed by atoms with E-state index in [2.05, 4.69) is 19.4 Å². The molecule has 20 heteroatoms.